The van der Waals surface area contributed by atoms with E-state index >= 15 is 0 Å². The summed E-state index contributed by atoms with van der Waals surface area (Å²) in [4.78, 5) is 30.9. The molecule has 2 atom stereocenters. The molecule has 2 aliphatic heterocycles. The molecule has 2 N–H and O–H groups in total. The summed E-state index contributed by atoms with van der Waals surface area (Å²) < 4.78 is 5.05. The number of amides is 3. The van der Waals surface area contributed by atoms with Crippen molar-refractivity contribution in [2.24, 2.45) is 0 Å². The maximum Gasteiger partial charge on any atom is 0.318 e. The number of aromatic amines is 1. The van der Waals surface area contributed by atoms with Crippen molar-refractivity contribution in [1.29, 1.82) is 0 Å². The predicted molar refractivity (Wildman–Crippen MR) is 81.0 cm³/mol. The molecule has 1 aromatic heterocycles. The van der Waals surface area contributed by atoms with E-state index < -0.39 is 0 Å². The number of fused-ring (bicyclic) bond motifs is 1. The molecule has 3 heterocycles. The Morgan fingerprint density at radius 3 is 3.05 bits per heavy atom. The highest BCUT2D eigenvalue weighted by atomic mass is 35.5. The van der Waals surface area contributed by atoms with Crippen LogP contribution >= 0.6 is 11.6 Å². The van der Waals surface area contributed by atoms with Crippen molar-refractivity contribution < 1.29 is 14.3 Å². The minimum atomic E-state index is -0.0880. The van der Waals surface area contributed by atoms with Gasteiger partial charge in [0, 0.05) is 32.9 Å². The van der Waals surface area contributed by atoms with Gasteiger partial charge in [0.1, 0.15) is 5.69 Å². The molecule has 0 aliphatic carbocycles. The number of H-pyrrole nitrogens is 1. The highest BCUT2D eigenvalue weighted by Crippen LogP contribution is 2.24. The van der Waals surface area contributed by atoms with Gasteiger partial charge < -0.3 is 24.8 Å². The maximum absolute atomic E-state index is 12.4. The van der Waals surface area contributed by atoms with Gasteiger partial charge in [0.2, 0.25) is 0 Å². The van der Waals surface area contributed by atoms with E-state index in [9.17, 15) is 9.59 Å². The third-order valence-corrected chi connectivity index (χ3v) is 4.47. The summed E-state index contributed by atoms with van der Waals surface area (Å²) in [5.74, 6) is -0.0880. The number of nitrogens with zero attached hydrogens (tertiary/aromatic N) is 2. The van der Waals surface area contributed by atoms with Gasteiger partial charge in [-0.2, -0.15) is 0 Å². The molecule has 8 heteroatoms. The zero-order valence-electron chi connectivity index (χ0n) is 12.3. The van der Waals surface area contributed by atoms with Crippen LogP contribution in [0.15, 0.2) is 12.3 Å². The lowest BCUT2D eigenvalue weighted by molar-refractivity contribution is 0.0637. The number of carbonyl (C=O) groups is 2. The monoisotopic (exact) mass is 326 g/mol. The van der Waals surface area contributed by atoms with E-state index in [-0.39, 0.29) is 24.0 Å². The third-order valence-electron chi connectivity index (χ3n) is 4.25. The fraction of sp³-hybridized carbons (Fsp3) is 0.571. The van der Waals surface area contributed by atoms with Gasteiger partial charge in [-0.25, -0.2) is 4.79 Å². The molecule has 1 aromatic rings. The number of piperidine rings is 1. The number of nitrogens with one attached hydrogen (secondary N) is 2. The largest absolute Gasteiger partial charge is 0.383 e. The fourth-order valence-corrected chi connectivity index (χ4v) is 3.31. The Bertz CT molecular complexity index is 576. The van der Waals surface area contributed by atoms with E-state index in [1.165, 1.54) is 0 Å². The number of aromatic nitrogens is 1. The average molecular weight is 327 g/mol. The van der Waals surface area contributed by atoms with Crippen LogP contribution in [0.3, 0.4) is 0 Å². The van der Waals surface area contributed by atoms with Crippen LogP contribution in [0.2, 0.25) is 5.02 Å². The molecule has 3 rings (SSSR count). The lowest BCUT2D eigenvalue weighted by atomic mass is 9.99. The third kappa shape index (κ3) is 2.78. The molecule has 0 aromatic carbocycles. The summed E-state index contributed by atoms with van der Waals surface area (Å²) in [5.41, 5.74) is 0.476. The molecule has 2 aliphatic rings. The first kappa shape index (κ1) is 15.2. The van der Waals surface area contributed by atoms with Crippen LogP contribution in [0, 0.1) is 0 Å². The Labute approximate surface area is 133 Å². The van der Waals surface area contributed by atoms with Gasteiger partial charge in [-0.1, -0.05) is 11.6 Å². The first-order valence-electron chi connectivity index (χ1n) is 7.29. The van der Waals surface area contributed by atoms with E-state index in [0.717, 1.165) is 6.42 Å². The van der Waals surface area contributed by atoms with Crippen molar-refractivity contribution in [1.82, 2.24) is 20.1 Å². The summed E-state index contributed by atoms with van der Waals surface area (Å²) in [6, 6.07) is 1.63. The van der Waals surface area contributed by atoms with Crippen LogP contribution in [0.5, 0.6) is 0 Å². The second-order valence-electron chi connectivity index (χ2n) is 5.58. The Kier molecular flexibility index (Phi) is 4.26. The number of urea groups is 1. The molecule has 3 amide bonds. The standard InChI is InChI=1S/C14H19ClN4O3/c1-22-5-4-19-12-2-3-18(8-11(12)17-14(19)21)13(20)10-6-9(15)7-16-10/h6-7,11-12,16H,2-5,8H2,1H3,(H,17,21)/t11-,12+/m1/s1. The number of hydrogen-bond donors (Lipinski definition) is 2. The highest BCUT2D eigenvalue weighted by Gasteiger charge is 2.43. The molecule has 120 valence electrons. The SMILES string of the molecule is COCCN1C(=O)N[C@@H]2CN(C(=O)c3cc(Cl)c[nH]3)CC[C@@H]21. The smallest absolute Gasteiger partial charge is 0.318 e. The molecule has 2 fully saturated rings. The van der Waals surface area contributed by atoms with Gasteiger partial charge in [-0.15, -0.1) is 0 Å². The lowest BCUT2D eigenvalue weighted by Gasteiger charge is -2.36. The van der Waals surface area contributed by atoms with Crippen molar-refractivity contribution in [3.63, 3.8) is 0 Å². The van der Waals surface area contributed by atoms with Gasteiger partial charge >= 0.3 is 6.03 Å². The van der Waals surface area contributed by atoms with Crippen molar-refractivity contribution in [2.45, 2.75) is 18.5 Å². The number of hydrogen-bond acceptors (Lipinski definition) is 3. The molecule has 22 heavy (non-hydrogen) atoms. The summed E-state index contributed by atoms with van der Waals surface area (Å²) in [7, 11) is 1.62. The lowest BCUT2D eigenvalue weighted by Crippen LogP contribution is -2.53. The minimum Gasteiger partial charge on any atom is -0.383 e. The topological polar surface area (TPSA) is 77.7 Å². The number of ether oxygens (including phenoxy) is 1. The molecule has 0 radical (unpaired) electrons. The van der Waals surface area contributed by atoms with E-state index in [0.29, 0.717) is 37.0 Å². The van der Waals surface area contributed by atoms with Crippen molar-refractivity contribution >= 4 is 23.5 Å². The van der Waals surface area contributed by atoms with Crippen LogP contribution in [0.1, 0.15) is 16.9 Å². The molecule has 0 bridgehead atoms. The zero-order valence-corrected chi connectivity index (χ0v) is 13.1. The molecular weight excluding hydrogens is 308 g/mol. The first-order valence-corrected chi connectivity index (χ1v) is 7.67. The summed E-state index contributed by atoms with van der Waals surface area (Å²) in [6.45, 7) is 2.22. The van der Waals surface area contributed by atoms with Crippen LogP contribution in [0.4, 0.5) is 4.79 Å². The summed E-state index contributed by atoms with van der Waals surface area (Å²) >= 11 is 5.84. The molecular formula is C14H19ClN4O3. The second kappa shape index (κ2) is 6.18. The molecule has 7 nitrogen and oxygen atoms in total. The first-order chi connectivity index (χ1) is 10.6. The Morgan fingerprint density at radius 2 is 2.36 bits per heavy atom. The van der Waals surface area contributed by atoms with Crippen LogP contribution in [0.25, 0.3) is 0 Å². The quantitative estimate of drug-likeness (QED) is 0.864. The summed E-state index contributed by atoms with van der Waals surface area (Å²) in [6.07, 6.45) is 2.35. The Hall–Kier alpha value is -1.73. The maximum atomic E-state index is 12.4. The number of methoxy groups -OCH3 is 1. The Balaban J connectivity index is 1.65. The van der Waals surface area contributed by atoms with Crippen molar-refractivity contribution in [3.8, 4) is 0 Å². The van der Waals surface area contributed by atoms with Gasteiger partial charge in [-0.3, -0.25) is 4.79 Å². The van der Waals surface area contributed by atoms with Gasteiger partial charge in [-0.05, 0) is 12.5 Å². The second-order valence-corrected chi connectivity index (χ2v) is 6.02. The number of likely N-dealkylation sites (tertiary alicyclic amines) is 1. The predicted octanol–water partition coefficient (Wildman–Crippen LogP) is 0.923. The Morgan fingerprint density at radius 1 is 1.55 bits per heavy atom. The summed E-state index contributed by atoms with van der Waals surface area (Å²) in [5, 5.41) is 3.47. The zero-order chi connectivity index (χ0) is 15.7. The number of halogens is 1. The highest BCUT2D eigenvalue weighted by molar-refractivity contribution is 6.30. The fourth-order valence-electron chi connectivity index (χ4n) is 3.15. The molecule has 0 saturated carbocycles. The van der Waals surface area contributed by atoms with Crippen LogP contribution in [-0.4, -0.2) is 72.2 Å². The van der Waals surface area contributed by atoms with Crippen molar-refractivity contribution in [2.75, 3.05) is 33.4 Å². The normalized spacial score (nSPS) is 24.4. The van der Waals surface area contributed by atoms with E-state index in [1.54, 1.807) is 24.3 Å². The molecule has 0 unspecified atom stereocenters. The van der Waals surface area contributed by atoms with E-state index in [4.69, 9.17) is 16.3 Å². The van der Waals surface area contributed by atoms with Gasteiger partial charge in [0.25, 0.3) is 5.91 Å². The van der Waals surface area contributed by atoms with E-state index in [2.05, 4.69) is 10.3 Å². The van der Waals surface area contributed by atoms with Crippen LogP contribution in [-0.2, 0) is 4.74 Å². The van der Waals surface area contributed by atoms with Crippen LogP contribution < -0.4 is 5.32 Å². The van der Waals surface area contributed by atoms with Crippen molar-refractivity contribution in [3.05, 3.63) is 23.0 Å². The molecule has 0 spiro atoms. The number of carbonyl (C=O) groups excluding carboxylic acids is 2. The average Bonchev–Trinajstić information content (AvgIpc) is 3.07. The van der Waals surface area contributed by atoms with Gasteiger partial charge in [0.15, 0.2) is 0 Å². The van der Waals surface area contributed by atoms with E-state index in [1.807, 2.05) is 4.90 Å². The van der Waals surface area contributed by atoms with Gasteiger partial charge in [0.05, 0.1) is 23.7 Å². The minimum absolute atomic E-state index is 0.0347. The number of rotatable bonds is 4. The molecule has 2 saturated heterocycles.